The van der Waals surface area contributed by atoms with Gasteiger partial charge in [0.15, 0.2) is 11.6 Å². The Kier molecular flexibility index (Phi) is 8.30. The molecule has 3 aromatic rings. The van der Waals surface area contributed by atoms with Crippen molar-refractivity contribution >= 4 is 56.2 Å². The zero-order valence-corrected chi connectivity index (χ0v) is 20.6. The summed E-state index contributed by atoms with van der Waals surface area (Å²) in [6, 6.07) is 11.9. The lowest BCUT2D eigenvalue weighted by Gasteiger charge is -2.15. The Bertz CT molecular complexity index is 1280. The predicted octanol–water partition coefficient (Wildman–Crippen LogP) is 5.37. The highest BCUT2D eigenvalue weighted by Crippen LogP contribution is 2.32. The average molecular weight is 504 g/mol. The summed E-state index contributed by atoms with van der Waals surface area (Å²) in [5.41, 5.74) is 1.90. The van der Waals surface area contributed by atoms with Gasteiger partial charge in [-0.25, -0.2) is 13.4 Å². The monoisotopic (exact) mass is 503 g/mol. The molecule has 1 aromatic heterocycles. The zero-order valence-electron chi connectivity index (χ0n) is 19.1. The molecule has 0 radical (unpaired) electrons. The number of sulfonamides is 1. The van der Waals surface area contributed by atoms with E-state index in [1.165, 1.54) is 13.3 Å². The van der Waals surface area contributed by atoms with Crippen LogP contribution in [-0.2, 0) is 10.0 Å². The first-order valence-corrected chi connectivity index (χ1v) is 12.7. The fraction of sp³-hybridized carbons (Fsp3) is 0.261. The van der Waals surface area contributed by atoms with Crippen LogP contribution in [0.1, 0.15) is 37.0 Å². The van der Waals surface area contributed by atoms with Crippen LogP contribution in [0.25, 0.3) is 0 Å². The van der Waals surface area contributed by atoms with E-state index in [4.69, 9.17) is 16.3 Å². The van der Waals surface area contributed by atoms with Gasteiger partial charge in [0.05, 0.1) is 36.1 Å². The molecule has 0 aliphatic heterocycles. The van der Waals surface area contributed by atoms with Crippen LogP contribution in [0.5, 0.6) is 5.75 Å². The Morgan fingerprint density at radius 2 is 1.79 bits per heavy atom. The summed E-state index contributed by atoms with van der Waals surface area (Å²) in [6.45, 7) is 3.50. The summed E-state index contributed by atoms with van der Waals surface area (Å²) in [7, 11) is -1.95. The van der Waals surface area contributed by atoms with Crippen LogP contribution in [0.3, 0.4) is 0 Å². The van der Waals surface area contributed by atoms with Gasteiger partial charge in [-0.3, -0.25) is 9.52 Å². The normalized spacial score (nSPS) is 11.1. The Hall–Kier alpha value is -3.37. The molecule has 3 N–H and O–H groups in total. The first kappa shape index (κ1) is 25.3. The number of anilines is 5. The highest BCUT2D eigenvalue weighted by atomic mass is 35.5. The molecule has 0 saturated carbocycles. The minimum absolute atomic E-state index is 0.0266. The maximum Gasteiger partial charge on any atom is 0.232 e. The number of nitrogens with one attached hydrogen (secondary N) is 3. The van der Waals surface area contributed by atoms with Gasteiger partial charge in [0.25, 0.3) is 0 Å². The summed E-state index contributed by atoms with van der Waals surface area (Å²) >= 11 is 6.30. The highest BCUT2D eigenvalue weighted by Gasteiger charge is 2.15. The smallest absolute Gasteiger partial charge is 0.232 e. The van der Waals surface area contributed by atoms with Crippen molar-refractivity contribution in [3.8, 4) is 5.75 Å². The molecule has 9 nitrogen and oxygen atoms in total. The first-order valence-electron chi connectivity index (χ1n) is 10.6. The number of carbonyl (C=O) groups excluding carboxylic acids is 1. The Morgan fingerprint density at radius 3 is 2.47 bits per heavy atom. The number of ketones is 1. The number of aromatic nitrogens is 2. The summed E-state index contributed by atoms with van der Waals surface area (Å²) in [4.78, 5) is 21.0. The predicted molar refractivity (Wildman–Crippen MR) is 135 cm³/mol. The topological polar surface area (TPSA) is 122 Å². The molecule has 0 aliphatic rings. The number of hydrogen-bond acceptors (Lipinski definition) is 8. The van der Waals surface area contributed by atoms with Crippen LogP contribution >= 0.6 is 11.6 Å². The van der Waals surface area contributed by atoms with Crippen molar-refractivity contribution in [2.75, 3.05) is 28.2 Å². The second kappa shape index (κ2) is 11.2. The van der Waals surface area contributed by atoms with Crippen molar-refractivity contribution < 1.29 is 17.9 Å². The number of benzene rings is 2. The van der Waals surface area contributed by atoms with E-state index in [2.05, 4.69) is 25.3 Å². The molecule has 0 saturated heterocycles. The lowest BCUT2D eigenvalue weighted by atomic mass is 10.1. The third-order valence-corrected chi connectivity index (χ3v) is 6.38. The summed E-state index contributed by atoms with van der Waals surface area (Å²) in [5, 5.41) is 6.35. The van der Waals surface area contributed by atoms with E-state index in [0.717, 1.165) is 6.42 Å². The number of carbonyl (C=O) groups is 1. The van der Waals surface area contributed by atoms with E-state index in [9.17, 15) is 13.2 Å². The largest absolute Gasteiger partial charge is 0.495 e. The van der Waals surface area contributed by atoms with Crippen molar-refractivity contribution in [2.45, 2.75) is 26.7 Å². The van der Waals surface area contributed by atoms with Crippen molar-refractivity contribution in [3.63, 3.8) is 0 Å². The number of methoxy groups -OCH3 is 1. The fourth-order valence-electron chi connectivity index (χ4n) is 3.03. The van der Waals surface area contributed by atoms with E-state index in [1.54, 1.807) is 49.4 Å². The van der Waals surface area contributed by atoms with Crippen LogP contribution in [0.2, 0.25) is 5.02 Å². The van der Waals surface area contributed by atoms with Gasteiger partial charge in [-0.1, -0.05) is 30.7 Å². The number of nitrogens with zero attached hydrogens (tertiary/aromatic N) is 2. The second-order valence-corrected chi connectivity index (χ2v) is 9.70. The molecule has 0 spiro atoms. The number of hydrogen-bond donors (Lipinski definition) is 3. The molecule has 2 aromatic carbocycles. The molecule has 0 atom stereocenters. The summed E-state index contributed by atoms with van der Waals surface area (Å²) < 4.78 is 32.0. The van der Waals surface area contributed by atoms with Gasteiger partial charge < -0.3 is 15.4 Å². The maximum absolute atomic E-state index is 12.3. The zero-order chi connectivity index (χ0) is 24.7. The van der Waals surface area contributed by atoms with Crippen LogP contribution in [0.4, 0.5) is 28.8 Å². The van der Waals surface area contributed by atoms with E-state index >= 15 is 0 Å². The molecular weight excluding hydrogens is 478 g/mol. The van der Waals surface area contributed by atoms with Crippen LogP contribution in [0, 0.1) is 0 Å². The standard InChI is InChI=1S/C23H26ClN5O4S/c1-4-8-20(30)15-11-12-21(33-3)19(13-15)27-23-25-14-16(24)22(28-23)26-17-9-6-7-10-18(17)29-34(31,32)5-2/h6-7,9-14,29H,4-5,8H2,1-3H3,(H2,25,26,27,28). The molecule has 180 valence electrons. The number of rotatable bonds is 11. The molecule has 3 rings (SSSR count). The maximum atomic E-state index is 12.3. The second-order valence-electron chi connectivity index (χ2n) is 7.28. The first-order chi connectivity index (χ1) is 16.3. The van der Waals surface area contributed by atoms with Crippen LogP contribution < -0.4 is 20.1 Å². The lowest BCUT2D eigenvalue weighted by molar-refractivity contribution is 0.0981. The van der Waals surface area contributed by atoms with Gasteiger partial charge in [0.2, 0.25) is 16.0 Å². The lowest BCUT2D eigenvalue weighted by Crippen LogP contribution is -2.15. The minimum atomic E-state index is -3.48. The quantitative estimate of drug-likeness (QED) is 0.298. The van der Waals surface area contributed by atoms with Gasteiger partial charge in [-0.15, -0.1) is 0 Å². The van der Waals surface area contributed by atoms with E-state index in [-0.39, 0.29) is 28.3 Å². The third kappa shape index (κ3) is 6.36. The number of halogens is 1. The minimum Gasteiger partial charge on any atom is -0.495 e. The van der Waals surface area contributed by atoms with E-state index in [0.29, 0.717) is 34.8 Å². The third-order valence-electron chi connectivity index (χ3n) is 4.81. The SMILES string of the molecule is CCCC(=O)c1ccc(OC)c(Nc2ncc(Cl)c(Nc3ccccc3NS(=O)(=O)CC)n2)c1. The fourth-order valence-corrected chi connectivity index (χ4v) is 3.83. The Labute approximate surface area is 204 Å². The van der Waals surface area contributed by atoms with Crippen molar-refractivity contribution in [1.82, 2.24) is 9.97 Å². The summed E-state index contributed by atoms with van der Waals surface area (Å²) in [6.07, 6.45) is 2.61. The van der Waals surface area contributed by atoms with Gasteiger partial charge in [-0.05, 0) is 43.7 Å². The number of Topliss-reactive ketones (excluding diaryl/α,β-unsaturated/α-hetero) is 1. The summed E-state index contributed by atoms with van der Waals surface area (Å²) in [5.74, 6) is 0.946. The van der Waals surface area contributed by atoms with Gasteiger partial charge in [0, 0.05) is 12.0 Å². The van der Waals surface area contributed by atoms with Crippen molar-refractivity contribution in [2.24, 2.45) is 0 Å². The highest BCUT2D eigenvalue weighted by molar-refractivity contribution is 7.92. The molecular formula is C23H26ClN5O4S. The van der Waals surface area contributed by atoms with Crippen LogP contribution in [0.15, 0.2) is 48.7 Å². The van der Waals surface area contributed by atoms with Gasteiger partial charge >= 0.3 is 0 Å². The molecule has 1 heterocycles. The van der Waals surface area contributed by atoms with Crippen molar-refractivity contribution in [1.29, 1.82) is 0 Å². The number of para-hydroxylation sites is 2. The van der Waals surface area contributed by atoms with E-state index in [1.807, 2.05) is 6.92 Å². The molecule has 34 heavy (non-hydrogen) atoms. The average Bonchev–Trinajstić information content (AvgIpc) is 2.82. The molecule has 0 bridgehead atoms. The molecule has 0 fully saturated rings. The Balaban J connectivity index is 1.90. The van der Waals surface area contributed by atoms with Gasteiger partial charge in [0.1, 0.15) is 10.8 Å². The molecule has 0 unspecified atom stereocenters. The number of ether oxygens (including phenoxy) is 1. The molecule has 11 heteroatoms. The molecule has 0 amide bonds. The van der Waals surface area contributed by atoms with Crippen molar-refractivity contribution in [3.05, 3.63) is 59.2 Å². The van der Waals surface area contributed by atoms with Gasteiger partial charge in [-0.2, -0.15) is 4.98 Å². The molecule has 0 aliphatic carbocycles. The van der Waals surface area contributed by atoms with Crippen LogP contribution in [-0.4, -0.2) is 37.0 Å². The van der Waals surface area contributed by atoms with E-state index < -0.39 is 10.0 Å². The Morgan fingerprint density at radius 1 is 1.06 bits per heavy atom.